The van der Waals surface area contributed by atoms with Crippen LogP contribution < -0.4 is 10.0 Å². The van der Waals surface area contributed by atoms with Crippen molar-refractivity contribution in [2.75, 3.05) is 36.4 Å². The number of rotatable bonds is 4. The second kappa shape index (κ2) is 5.38. The van der Waals surface area contributed by atoms with Crippen LogP contribution in [0.2, 0.25) is 0 Å². The van der Waals surface area contributed by atoms with E-state index in [0.717, 1.165) is 37.0 Å². The fourth-order valence-corrected chi connectivity index (χ4v) is 2.98. The molecule has 0 amide bonds. The molecule has 0 bridgehead atoms. The summed E-state index contributed by atoms with van der Waals surface area (Å²) >= 11 is 0. The van der Waals surface area contributed by atoms with Crippen molar-refractivity contribution in [3.05, 3.63) is 23.8 Å². The van der Waals surface area contributed by atoms with E-state index in [-0.39, 0.29) is 0 Å². The van der Waals surface area contributed by atoms with Crippen LogP contribution in [-0.2, 0) is 10.0 Å². The molecule has 0 saturated carbocycles. The van der Waals surface area contributed by atoms with Crippen LogP contribution in [-0.4, -0.2) is 45.8 Å². The SMILES string of the molecule is Cc1cc(NC2CCN(C)C2)ccc1NS(C)(=O)=O. The fourth-order valence-electron chi connectivity index (χ4n) is 2.36. The van der Waals surface area contributed by atoms with Crippen LogP contribution in [0, 0.1) is 6.92 Å². The van der Waals surface area contributed by atoms with Gasteiger partial charge in [-0.15, -0.1) is 0 Å². The zero-order chi connectivity index (χ0) is 14.0. The largest absolute Gasteiger partial charge is 0.381 e. The Morgan fingerprint density at radius 1 is 1.37 bits per heavy atom. The Hall–Kier alpha value is -1.27. The molecule has 0 spiro atoms. The quantitative estimate of drug-likeness (QED) is 0.879. The van der Waals surface area contributed by atoms with Crippen molar-refractivity contribution in [1.82, 2.24) is 4.90 Å². The van der Waals surface area contributed by atoms with Gasteiger partial charge in [-0.25, -0.2) is 8.42 Å². The van der Waals surface area contributed by atoms with Crippen molar-refractivity contribution in [3.63, 3.8) is 0 Å². The van der Waals surface area contributed by atoms with Crippen LogP contribution in [0.4, 0.5) is 11.4 Å². The Balaban J connectivity index is 2.06. The van der Waals surface area contributed by atoms with Gasteiger partial charge in [0.2, 0.25) is 10.0 Å². The lowest BCUT2D eigenvalue weighted by atomic mass is 10.1. The first-order valence-corrected chi connectivity index (χ1v) is 8.26. The number of anilines is 2. The molecule has 1 aromatic rings. The highest BCUT2D eigenvalue weighted by Crippen LogP contribution is 2.22. The van der Waals surface area contributed by atoms with Crippen molar-refractivity contribution in [3.8, 4) is 0 Å². The molecule has 1 heterocycles. The number of sulfonamides is 1. The van der Waals surface area contributed by atoms with Crippen LogP contribution >= 0.6 is 0 Å². The summed E-state index contributed by atoms with van der Waals surface area (Å²) < 4.78 is 25.0. The van der Waals surface area contributed by atoms with Gasteiger partial charge < -0.3 is 10.2 Å². The summed E-state index contributed by atoms with van der Waals surface area (Å²) in [5, 5.41) is 3.48. The lowest BCUT2D eigenvalue weighted by Crippen LogP contribution is -2.23. The van der Waals surface area contributed by atoms with E-state index >= 15 is 0 Å². The van der Waals surface area contributed by atoms with Crippen molar-refractivity contribution in [1.29, 1.82) is 0 Å². The van der Waals surface area contributed by atoms with Crippen molar-refractivity contribution >= 4 is 21.4 Å². The minimum atomic E-state index is -3.22. The summed E-state index contributed by atoms with van der Waals surface area (Å²) in [6.07, 6.45) is 2.30. The molecule has 1 unspecified atom stereocenters. The predicted octanol–water partition coefficient (Wildman–Crippen LogP) is 1.48. The molecule has 1 fully saturated rings. The molecule has 2 rings (SSSR count). The van der Waals surface area contributed by atoms with Crippen LogP contribution in [0.5, 0.6) is 0 Å². The molecule has 19 heavy (non-hydrogen) atoms. The van der Waals surface area contributed by atoms with Gasteiger partial charge in [0, 0.05) is 18.3 Å². The Morgan fingerprint density at radius 2 is 2.11 bits per heavy atom. The zero-order valence-electron chi connectivity index (χ0n) is 11.6. The normalized spacial score (nSPS) is 20.5. The monoisotopic (exact) mass is 283 g/mol. The van der Waals surface area contributed by atoms with E-state index in [1.807, 2.05) is 19.1 Å². The van der Waals surface area contributed by atoms with Crippen LogP contribution in [0.1, 0.15) is 12.0 Å². The Morgan fingerprint density at radius 3 is 2.63 bits per heavy atom. The molecule has 1 atom stereocenters. The average Bonchev–Trinajstić information content (AvgIpc) is 2.66. The number of nitrogens with zero attached hydrogens (tertiary/aromatic N) is 1. The number of hydrogen-bond donors (Lipinski definition) is 2. The highest BCUT2D eigenvalue weighted by Gasteiger charge is 2.19. The van der Waals surface area contributed by atoms with E-state index in [2.05, 4.69) is 22.0 Å². The van der Waals surface area contributed by atoms with E-state index in [4.69, 9.17) is 0 Å². The Labute approximate surface area is 115 Å². The number of hydrogen-bond acceptors (Lipinski definition) is 4. The van der Waals surface area contributed by atoms with Gasteiger partial charge in [0.25, 0.3) is 0 Å². The standard InChI is InChI=1S/C13H21N3O2S/c1-10-8-11(14-12-6-7-16(2)9-12)4-5-13(10)15-19(3,17)18/h4-5,8,12,14-15H,6-7,9H2,1-3H3. The maximum atomic E-state index is 11.2. The van der Waals surface area contributed by atoms with E-state index < -0.39 is 10.0 Å². The van der Waals surface area contributed by atoms with Crippen molar-refractivity contribution in [2.24, 2.45) is 0 Å². The van der Waals surface area contributed by atoms with E-state index in [9.17, 15) is 8.42 Å². The minimum Gasteiger partial charge on any atom is -0.381 e. The molecule has 6 heteroatoms. The third kappa shape index (κ3) is 4.11. The van der Waals surface area contributed by atoms with Crippen LogP contribution in [0.3, 0.4) is 0 Å². The third-order valence-corrected chi connectivity index (χ3v) is 3.87. The first kappa shape index (κ1) is 14.1. The van der Waals surface area contributed by atoms with E-state index in [1.54, 1.807) is 6.07 Å². The molecule has 2 N–H and O–H groups in total. The van der Waals surface area contributed by atoms with Gasteiger partial charge in [0.15, 0.2) is 0 Å². The van der Waals surface area contributed by atoms with Crippen LogP contribution in [0.25, 0.3) is 0 Å². The number of benzene rings is 1. The molecule has 106 valence electrons. The fraction of sp³-hybridized carbons (Fsp3) is 0.538. The van der Waals surface area contributed by atoms with Crippen molar-refractivity contribution in [2.45, 2.75) is 19.4 Å². The van der Waals surface area contributed by atoms with Gasteiger partial charge in [0.05, 0.1) is 11.9 Å². The summed E-state index contributed by atoms with van der Waals surface area (Å²) in [4.78, 5) is 2.30. The Bertz CT molecular complexity index is 557. The number of likely N-dealkylation sites (tertiary alicyclic amines) is 1. The minimum absolute atomic E-state index is 0.470. The molecule has 0 aromatic heterocycles. The van der Waals surface area contributed by atoms with E-state index in [1.165, 1.54) is 0 Å². The summed E-state index contributed by atoms with van der Waals surface area (Å²) in [5.74, 6) is 0. The predicted molar refractivity (Wildman–Crippen MR) is 79.2 cm³/mol. The molecule has 0 aliphatic carbocycles. The molecule has 1 aliphatic heterocycles. The highest BCUT2D eigenvalue weighted by atomic mass is 32.2. The lowest BCUT2D eigenvalue weighted by Gasteiger charge is -2.16. The molecular weight excluding hydrogens is 262 g/mol. The smallest absolute Gasteiger partial charge is 0.229 e. The summed E-state index contributed by atoms with van der Waals surface area (Å²) in [6, 6.07) is 6.17. The number of aryl methyl sites for hydroxylation is 1. The van der Waals surface area contributed by atoms with Gasteiger partial charge in [-0.05, 0) is 50.7 Å². The van der Waals surface area contributed by atoms with Crippen LogP contribution in [0.15, 0.2) is 18.2 Å². The maximum absolute atomic E-state index is 11.2. The van der Waals surface area contributed by atoms with E-state index in [0.29, 0.717) is 11.7 Å². The lowest BCUT2D eigenvalue weighted by molar-refractivity contribution is 0.414. The average molecular weight is 283 g/mol. The summed E-state index contributed by atoms with van der Waals surface area (Å²) in [5.41, 5.74) is 2.59. The van der Waals surface area contributed by atoms with Gasteiger partial charge >= 0.3 is 0 Å². The molecular formula is C13H21N3O2S. The maximum Gasteiger partial charge on any atom is 0.229 e. The molecule has 5 nitrogen and oxygen atoms in total. The molecule has 1 saturated heterocycles. The third-order valence-electron chi connectivity index (χ3n) is 3.28. The number of nitrogens with one attached hydrogen (secondary N) is 2. The molecule has 1 aromatic carbocycles. The van der Waals surface area contributed by atoms with Gasteiger partial charge in [0.1, 0.15) is 0 Å². The van der Waals surface area contributed by atoms with Gasteiger partial charge in [-0.2, -0.15) is 0 Å². The Kier molecular flexibility index (Phi) is 4.01. The van der Waals surface area contributed by atoms with Crippen molar-refractivity contribution < 1.29 is 8.42 Å². The molecule has 0 radical (unpaired) electrons. The summed E-state index contributed by atoms with van der Waals surface area (Å²) in [6.45, 7) is 4.06. The number of likely N-dealkylation sites (N-methyl/N-ethyl adjacent to an activating group) is 1. The van der Waals surface area contributed by atoms with Gasteiger partial charge in [-0.3, -0.25) is 4.72 Å². The second-order valence-electron chi connectivity index (χ2n) is 5.30. The van der Waals surface area contributed by atoms with Gasteiger partial charge in [-0.1, -0.05) is 0 Å². The first-order chi connectivity index (χ1) is 8.83. The topological polar surface area (TPSA) is 61.4 Å². The zero-order valence-corrected chi connectivity index (χ0v) is 12.4. The summed E-state index contributed by atoms with van der Waals surface area (Å²) in [7, 11) is -1.10. The highest BCUT2D eigenvalue weighted by molar-refractivity contribution is 7.92. The second-order valence-corrected chi connectivity index (χ2v) is 7.04. The molecule has 1 aliphatic rings. The first-order valence-electron chi connectivity index (χ1n) is 6.37.